The van der Waals surface area contributed by atoms with Crippen molar-refractivity contribution >= 4 is 17.1 Å². The second-order valence-electron chi connectivity index (χ2n) is 6.28. The van der Waals surface area contributed by atoms with E-state index in [1.807, 2.05) is 19.1 Å². The predicted octanol–water partition coefficient (Wildman–Crippen LogP) is 4.19. The molecular formula is C19H15F2N5O2. The highest BCUT2D eigenvalue weighted by atomic mass is 19.3. The minimum absolute atomic E-state index is 0.166. The van der Waals surface area contributed by atoms with Crippen molar-refractivity contribution in [3.63, 3.8) is 0 Å². The van der Waals surface area contributed by atoms with Crippen molar-refractivity contribution in [2.75, 3.05) is 5.32 Å². The number of nitrogens with one attached hydrogen (secondary N) is 1. The summed E-state index contributed by atoms with van der Waals surface area (Å²) in [4.78, 5) is 16.9. The van der Waals surface area contributed by atoms with Crippen LogP contribution in [0.1, 0.15) is 33.7 Å². The third-order valence-electron chi connectivity index (χ3n) is 4.30. The van der Waals surface area contributed by atoms with Crippen molar-refractivity contribution < 1.29 is 18.1 Å². The van der Waals surface area contributed by atoms with Gasteiger partial charge in [0.2, 0.25) is 0 Å². The summed E-state index contributed by atoms with van der Waals surface area (Å²) in [7, 11) is 0. The zero-order valence-electron chi connectivity index (χ0n) is 15.0. The number of carbonyl (C=O) groups excluding carboxylic acids is 1. The molecule has 3 aromatic heterocycles. The Bertz CT molecular complexity index is 1180. The molecule has 0 radical (unpaired) electrons. The third kappa shape index (κ3) is 3.22. The van der Waals surface area contributed by atoms with Crippen LogP contribution in [0, 0.1) is 13.8 Å². The van der Waals surface area contributed by atoms with Gasteiger partial charge >= 0.3 is 0 Å². The van der Waals surface area contributed by atoms with E-state index in [0.717, 1.165) is 5.56 Å². The molecule has 0 unspecified atom stereocenters. The molecule has 4 rings (SSSR count). The van der Waals surface area contributed by atoms with Gasteiger partial charge in [0.05, 0.1) is 17.3 Å². The van der Waals surface area contributed by atoms with Crippen molar-refractivity contribution in [1.29, 1.82) is 0 Å². The lowest BCUT2D eigenvalue weighted by atomic mass is 10.1. The highest BCUT2D eigenvalue weighted by Crippen LogP contribution is 2.26. The van der Waals surface area contributed by atoms with E-state index in [4.69, 9.17) is 4.52 Å². The van der Waals surface area contributed by atoms with Crippen LogP contribution in [0.2, 0.25) is 0 Å². The van der Waals surface area contributed by atoms with Crippen LogP contribution in [-0.4, -0.2) is 25.7 Å². The smallest absolute Gasteiger partial charge is 0.265 e. The summed E-state index contributed by atoms with van der Waals surface area (Å²) in [5.74, 6) is 0.459. The number of benzene rings is 1. The van der Waals surface area contributed by atoms with Crippen LogP contribution >= 0.6 is 0 Å². The van der Waals surface area contributed by atoms with Crippen molar-refractivity contribution in [1.82, 2.24) is 19.8 Å². The Morgan fingerprint density at radius 3 is 2.75 bits per heavy atom. The Morgan fingerprint density at radius 2 is 2.04 bits per heavy atom. The van der Waals surface area contributed by atoms with E-state index in [1.54, 1.807) is 13.0 Å². The minimum atomic E-state index is -2.61. The molecule has 0 saturated carbocycles. The number of amides is 1. The lowest BCUT2D eigenvalue weighted by Gasteiger charge is -2.09. The molecule has 0 saturated heterocycles. The van der Waals surface area contributed by atoms with Gasteiger partial charge in [-0.15, -0.1) is 0 Å². The van der Waals surface area contributed by atoms with Crippen LogP contribution in [0.5, 0.6) is 0 Å². The molecule has 0 spiro atoms. The number of fused-ring (bicyclic) bond motifs is 1. The van der Waals surface area contributed by atoms with Gasteiger partial charge in [-0.1, -0.05) is 11.2 Å². The molecule has 4 aromatic rings. The van der Waals surface area contributed by atoms with Gasteiger partial charge in [0.25, 0.3) is 18.2 Å². The average Bonchev–Trinajstić information content (AvgIpc) is 3.29. The lowest BCUT2D eigenvalue weighted by molar-refractivity contribution is 0.102. The molecule has 0 atom stereocenters. The summed E-state index contributed by atoms with van der Waals surface area (Å²) >= 11 is 0. The monoisotopic (exact) mass is 383 g/mol. The molecule has 0 bridgehead atoms. The number of aromatic nitrogens is 4. The fraction of sp³-hybridized carbons (Fsp3) is 0.158. The van der Waals surface area contributed by atoms with E-state index >= 15 is 0 Å². The van der Waals surface area contributed by atoms with Gasteiger partial charge in [0, 0.05) is 23.0 Å². The van der Waals surface area contributed by atoms with Crippen LogP contribution < -0.4 is 5.32 Å². The second-order valence-corrected chi connectivity index (χ2v) is 6.28. The molecule has 0 aliphatic carbocycles. The summed E-state index contributed by atoms with van der Waals surface area (Å²) in [5, 5.41) is 10.6. The maximum Gasteiger partial charge on any atom is 0.265 e. The number of halogens is 2. The maximum atomic E-state index is 12.8. The lowest BCUT2D eigenvalue weighted by Crippen LogP contribution is -2.12. The summed E-state index contributed by atoms with van der Waals surface area (Å²) in [6, 6.07) is 8.12. The summed E-state index contributed by atoms with van der Waals surface area (Å²) in [5.41, 5.74) is 2.62. The molecule has 1 amide bonds. The Morgan fingerprint density at radius 1 is 1.21 bits per heavy atom. The van der Waals surface area contributed by atoms with E-state index in [1.165, 1.54) is 29.0 Å². The first-order chi connectivity index (χ1) is 13.4. The van der Waals surface area contributed by atoms with E-state index in [-0.39, 0.29) is 11.1 Å². The number of alkyl halides is 2. The van der Waals surface area contributed by atoms with Crippen LogP contribution in [0.15, 0.2) is 47.2 Å². The van der Waals surface area contributed by atoms with Crippen molar-refractivity contribution in [2.45, 2.75) is 20.3 Å². The number of pyridine rings is 1. The van der Waals surface area contributed by atoms with Gasteiger partial charge in [-0.3, -0.25) is 4.79 Å². The molecule has 0 aliphatic heterocycles. The average molecular weight is 383 g/mol. The van der Waals surface area contributed by atoms with Crippen molar-refractivity contribution in [3.8, 4) is 11.5 Å². The van der Waals surface area contributed by atoms with Gasteiger partial charge in [0.15, 0.2) is 5.82 Å². The van der Waals surface area contributed by atoms with Crippen LogP contribution in [0.4, 0.5) is 14.5 Å². The standard InChI is InChI=1S/C19H15F2N5O2/c1-10-3-4-12(19-23-11(2)25-28-19)7-15(10)24-18(27)14-8-22-26-9-13(17(20)21)5-6-16(14)26/h3-9,17H,1-2H3,(H,24,27). The second kappa shape index (κ2) is 6.84. The van der Waals surface area contributed by atoms with E-state index in [2.05, 4.69) is 20.6 Å². The normalized spacial score (nSPS) is 11.3. The Balaban J connectivity index is 1.64. The summed E-state index contributed by atoms with van der Waals surface area (Å²) in [6.45, 7) is 3.57. The van der Waals surface area contributed by atoms with Gasteiger partial charge in [-0.25, -0.2) is 13.3 Å². The SMILES string of the molecule is Cc1noc(-c2ccc(C)c(NC(=O)c3cnn4cc(C(F)F)ccc34)c2)n1. The largest absolute Gasteiger partial charge is 0.334 e. The van der Waals surface area contributed by atoms with Crippen LogP contribution in [0.3, 0.4) is 0 Å². The van der Waals surface area contributed by atoms with Crippen LogP contribution in [-0.2, 0) is 0 Å². The fourth-order valence-corrected chi connectivity index (χ4v) is 2.80. The first-order valence-electron chi connectivity index (χ1n) is 8.40. The molecule has 9 heteroatoms. The molecule has 142 valence electrons. The predicted molar refractivity (Wildman–Crippen MR) is 97.3 cm³/mol. The summed E-state index contributed by atoms with van der Waals surface area (Å²) < 4.78 is 32.1. The molecule has 1 N–H and O–H groups in total. The Kier molecular flexibility index (Phi) is 4.34. The molecule has 7 nitrogen and oxygen atoms in total. The zero-order chi connectivity index (χ0) is 19.8. The molecule has 0 fully saturated rings. The van der Waals surface area contributed by atoms with Gasteiger partial charge in [-0.05, 0) is 43.7 Å². The van der Waals surface area contributed by atoms with E-state index in [0.29, 0.717) is 28.5 Å². The molecule has 0 aliphatic rings. The first-order valence-corrected chi connectivity index (χ1v) is 8.40. The quantitative estimate of drug-likeness (QED) is 0.571. The highest BCUT2D eigenvalue weighted by molar-refractivity contribution is 6.09. The minimum Gasteiger partial charge on any atom is -0.334 e. The number of rotatable bonds is 4. The van der Waals surface area contributed by atoms with E-state index < -0.39 is 12.3 Å². The molecular weight excluding hydrogens is 368 g/mol. The number of anilines is 1. The molecule has 3 heterocycles. The van der Waals surface area contributed by atoms with Gasteiger partial charge in [-0.2, -0.15) is 10.1 Å². The summed E-state index contributed by atoms with van der Waals surface area (Å²) in [6.07, 6.45) is -0.0503. The van der Waals surface area contributed by atoms with Crippen molar-refractivity contribution in [3.05, 3.63) is 65.2 Å². The number of hydrogen-bond donors (Lipinski definition) is 1. The third-order valence-corrected chi connectivity index (χ3v) is 4.30. The number of nitrogens with zero attached hydrogens (tertiary/aromatic N) is 4. The van der Waals surface area contributed by atoms with Gasteiger partial charge < -0.3 is 9.84 Å². The first kappa shape index (κ1) is 17.8. The zero-order valence-corrected chi connectivity index (χ0v) is 15.0. The molecule has 28 heavy (non-hydrogen) atoms. The number of hydrogen-bond acceptors (Lipinski definition) is 5. The highest BCUT2D eigenvalue weighted by Gasteiger charge is 2.17. The molecule has 1 aromatic carbocycles. The Labute approximate surface area is 158 Å². The Hall–Kier alpha value is -3.62. The topological polar surface area (TPSA) is 85.3 Å². The fourth-order valence-electron chi connectivity index (χ4n) is 2.80. The number of aryl methyl sites for hydroxylation is 2. The maximum absolute atomic E-state index is 12.8. The number of carbonyl (C=O) groups is 1. The van der Waals surface area contributed by atoms with Crippen LogP contribution in [0.25, 0.3) is 17.0 Å². The van der Waals surface area contributed by atoms with Crippen molar-refractivity contribution in [2.24, 2.45) is 0 Å². The van der Waals surface area contributed by atoms with Gasteiger partial charge in [0.1, 0.15) is 0 Å². The van der Waals surface area contributed by atoms with E-state index in [9.17, 15) is 13.6 Å².